The molecule has 0 unspecified atom stereocenters. The van der Waals surface area contributed by atoms with Gasteiger partial charge in [-0.1, -0.05) is 18.2 Å². The van der Waals surface area contributed by atoms with E-state index in [0.29, 0.717) is 42.7 Å². The molecular formula is C28H32N4O7. The van der Waals surface area contributed by atoms with Crippen LogP contribution in [-0.2, 0) is 19.2 Å². The van der Waals surface area contributed by atoms with Crippen LogP contribution in [0, 0.1) is 0 Å². The van der Waals surface area contributed by atoms with Gasteiger partial charge in [0.15, 0.2) is 0 Å². The molecule has 0 saturated carbocycles. The van der Waals surface area contributed by atoms with Crippen LogP contribution in [-0.4, -0.2) is 88.3 Å². The smallest absolute Gasteiger partial charge is 0.305 e. The van der Waals surface area contributed by atoms with E-state index in [0.717, 1.165) is 0 Å². The molecule has 11 heteroatoms. The third kappa shape index (κ3) is 6.80. The number of aliphatic carboxylic acids is 1. The van der Waals surface area contributed by atoms with E-state index in [9.17, 15) is 24.0 Å². The molecule has 4 rings (SSSR count). The number of carbonyl (C=O) groups excluding carboxylic acids is 4. The molecule has 0 spiro atoms. The second-order valence-corrected chi connectivity index (χ2v) is 9.74. The van der Waals surface area contributed by atoms with Gasteiger partial charge in [0.05, 0.1) is 18.5 Å². The number of amides is 3. The van der Waals surface area contributed by atoms with Gasteiger partial charge in [0.1, 0.15) is 23.8 Å². The summed E-state index contributed by atoms with van der Waals surface area (Å²) in [4.78, 5) is 63.9. The third-order valence-corrected chi connectivity index (χ3v) is 6.98. The lowest BCUT2D eigenvalue weighted by Gasteiger charge is -2.45. The lowest BCUT2D eigenvalue weighted by molar-refractivity contribution is -0.174. The molecule has 2 heterocycles. The van der Waals surface area contributed by atoms with Crippen molar-refractivity contribution in [3.63, 3.8) is 0 Å². The maximum Gasteiger partial charge on any atom is 0.305 e. The third-order valence-electron chi connectivity index (χ3n) is 6.98. The Morgan fingerprint density at radius 3 is 2.46 bits per heavy atom. The first-order valence-electron chi connectivity index (χ1n) is 12.9. The van der Waals surface area contributed by atoms with Crippen LogP contribution >= 0.6 is 0 Å². The van der Waals surface area contributed by atoms with Crippen molar-refractivity contribution in [1.82, 2.24) is 20.2 Å². The summed E-state index contributed by atoms with van der Waals surface area (Å²) in [6.07, 6.45) is 1.69. The lowest BCUT2D eigenvalue weighted by atomic mass is 10.0. The summed E-state index contributed by atoms with van der Waals surface area (Å²) in [6, 6.07) is 13.5. The number of ether oxygens (including phenoxy) is 1. The summed E-state index contributed by atoms with van der Waals surface area (Å²) in [5.74, 6) is -0.954. The van der Waals surface area contributed by atoms with Gasteiger partial charge in [0.25, 0.3) is 11.8 Å². The van der Waals surface area contributed by atoms with Gasteiger partial charge >= 0.3 is 5.97 Å². The van der Waals surface area contributed by atoms with Crippen LogP contribution in [0.15, 0.2) is 54.6 Å². The zero-order valence-corrected chi connectivity index (χ0v) is 21.7. The minimum atomic E-state index is -1.10. The van der Waals surface area contributed by atoms with Crippen LogP contribution in [0.3, 0.4) is 0 Å². The van der Waals surface area contributed by atoms with Gasteiger partial charge in [-0.05, 0) is 62.7 Å². The van der Waals surface area contributed by atoms with Crippen LogP contribution in [0.25, 0.3) is 0 Å². The quantitative estimate of drug-likeness (QED) is 0.441. The fourth-order valence-electron chi connectivity index (χ4n) is 4.93. The second-order valence-electron chi connectivity index (χ2n) is 9.74. The van der Waals surface area contributed by atoms with Gasteiger partial charge < -0.3 is 20.0 Å². The number of carbonyl (C=O) groups is 5. The van der Waals surface area contributed by atoms with Crippen molar-refractivity contribution in [3.8, 4) is 11.5 Å². The largest absolute Gasteiger partial charge is 0.481 e. The standard InChI is InChI=1S/C28H32N4O7/c1-30(21(18-33)16-26(35)36)17-20-6-5-15-31-25(34)14-13-24(28(38)32(20)31)29-27(37)19-9-11-23(12-10-19)39-22-7-3-2-4-8-22/h2-4,7-12,18,20-21,24H,5-6,13-17H2,1H3,(H,29,37)(H,35,36)/t20-,21-,24-/m0/s1. The summed E-state index contributed by atoms with van der Waals surface area (Å²) < 4.78 is 5.76. The number of aldehydes is 1. The SMILES string of the molecule is CN(C[C@@H]1CCCN2C(=O)CC[C@H](NC(=O)c3ccc(Oc4ccccc4)cc3)C(=O)N12)[C@H](C=O)CC(=O)O. The summed E-state index contributed by atoms with van der Waals surface area (Å²) in [5.41, 5.74) is 0.341. The maximum absolute atomic E-state index is 13.7. The highest BCUT2D eigenvalue weighted by atomic mass is 16.5. The van der Waals surface area contributed by atoms with E-state index in [1.807, 2.05) is 30.3 Å². The average molecular weight is 537 g/mol. The van der Waals surface area contributed by atoms with E-state index in [2.05, 4.69) is 5.32 Å². The Morgan fingerprint density at radius 1 is 1.10 bits per heavy atom. The Bertz CT molecular complexity index is 1200. The van der Waals surface area contributed by atoms with Gasteiger partial charge in [-0.25, -0.2) is 5.01 Å². The molecule has 39 heavy (non-hydrogen) atoms. The van der Waals surface area contributed by atoms with E-state index in [1.165, 1.54) is 10.0 Å². The van der Waals surface area contributed by atoms with Gasteiger partial charge in [0, 0.05) is 25.1 Å². The van der Waals surface area contributed by atoms with Gasteiger partial charge in [-0.15, -0.1) is 0 Å². The summed E-state index contributed by atoms with van der Waals surface area (Å²) in [6.45, 7) is 0.580. The molecule has 3 atom stereocenters. The van der Waals surface area contributed by atoms with Crippen LogP contribution in [0.4, 0.5) is 0 Å². The Hall–Kier alpha value is -4.25. The first-order valence-corrected chi connectivity index (χ1v) is 12.9. The first-order chi connectivity index (χ1) is 18.8. The van der Waals surface area contributed by atoms with Crippen molar-refractivity contribution in [2.75, 3.05) is 20.1 Å². The van der Waals surface area contributed by atoms with Crippen molar-refractivity contribution in [3.05, 3.63) is 60.2 Å². The molecule has 0 radical (unpaired) electrons. The van der Waals surface area contributed by atoms with E-state index < -0.39 is 35.9 Å². The van der Waals surface area contributed by atoms with Crippen LogP contribution < -0.4 is 10.1 Å². The fraction of sp³-hybridized carbons (Fsp3) is 0.393. The molecule has 2 aliphatic rings. The number of fused-ring (bicyclic) bond motifs is 1. The van der Waals surface area contributed by atoms with E-state index >= 15 is 0 Å². The van der Waals surface area contributed by atoms with Gasteiger partial charge in [-0.2, -0.15) is 0 Å². The Morgan fingerprint density at radius 2 is 1.79 bits per heavy atom. The topological polar surface area (TPSA) is 137 Å². The van der Waals surface area contributed by atoms with Gasteiger partial charge in [0.2, 0.25) is 5.91 Å². The monoisotopic (exact) mass is 536 g/mol. The molecule has 2 fully saturated rings. The fourth-order valence-corrected chi connectivity index (χ4v) is 4.93. The molecule has 0 bridgehead atoms. The number of nitrogens with zero attached hydrogens (tertiary/aromatic N) is 3. The van der Waals surface area contributed by atoms with Crippen LogP contribution in [0.5, 0.6) is 11.5 Å². The molecule has 3 amide bonds. The van der Waals surface area contributed by atoms with E-state index in [4.69, 9.17) is 9.84 Å². The molecular weight excluding hydrogens is 504 g/mol. The normalized spacial score (nSPS) is 20.2. The number of rotatable bonds is 10. The molecule has 2 saturated heterocycles. The zero-order chi connectivity index (χ0) is 27.9. The van der Waals surface area contributed by atoms with Crippen molar-refractivity contribution >= 4 is 30.0 Å². The van der Waals surface area contributed by atoms with Crippen molar-refractivity contribution in [1.29, 1.82) is 0 Å². The van der Waals surface area contributed by atoms with E-state index in [-0.39, 0.29) is 31.7 Å². The number of carboxylic acids is 1. The number of carboxylic acid groups (broad SMARTS) is 1. The Kier molecular flexibility index (Phi) is 8.92. The molecule has 11 nitrogen and oxygen atoms in total. The van der Waals surface area contributed by atoms with Crippen molar-refractivity contribution < 1.29 is 33.8 Å². The number of hydrogen-bond donors (Lipinski definition) is 2. The summed E-state index contributed by atoms with van der Waals surface area (Å²) in [5, 5.41) is 14.7. The van der Waals surface area contributed by atoms with E-state index in [1.54, 1.807) is 36.2 Å². The average Bonchev–Trinajstić information content (AvgIpc) is 3.05. The number of likely N-dealkylation sites (N-methyl/N-ethyl adjacent to an activating group) is 1. The number of para-hydroxylation sites is 1. The lowest BCUT2D eigenvalue weighted by Crippen LogP contribution is -2.62. The molecule has 2 N–H and O–H groups in total. The molecule has 0 aliphatic carbocycles. The predicted octanol–water partition coefficient (Wildman–Crippen LogP) is 2.08. The minimum absolute atomic E-state index is 0.0928. The number of benzene rings is 2. The zero-order valence-electron chi connectivity index (χ0n) is 21.7. The second kappa shape index (κ2) is 12.5. The van der Waals surface area contributed by atoms with Crippen molar-refractivity contribution in [2.45, 2.75) is 50.2 Å². The Labute approximate surface area is 226 Å². The molecule has 2 aromatic rings. The number of nitrogens with one attached hydrogen (secondary N) is 1. The molecule has 2 aromatic carbocycles. The maximum atomic E-state index is 13.7. The van der Waals surface area contributed by atoms with Crippen LogP contribution in [0.2, 0.25) is 0 Å². The molecule has 206 valence electrons. The Balaban J connectivity index is 1.45. The molecule has 0 aromatic heterocycles. The highest BCUT2D eigenvalue weighted by Gasteiger charge is 2.42. The first kappa shape index (κ1) is 27.8. The highest BCUT2D eigenvalue weighted by Crippen LogP contribution is 2.26. The van der Waals surface area contributed by atoms with Crippen molar-refractivity contribution in [2.24, 2.45) is 0 Å². The minimum Gasteiger partial charge on any atom is -0.481 e. The number of hydrogen-bond acceptors (Lipinski definition) is 7. The summed E-state index contributed by atoms with van der Waals surface area (Å²) >= 11 is 0. The summed E-state index contributed by atoms with van der Waals surface area (Å²) in [7, 11) is 1.62. The van der Waals surface area contributed by atoms with Gasteiger partial charge in [-0.3, -0.25) is 29.1 Å². The van der Waals surface area contributed by atoms with Crippen LogP contribution in [0.1, 0.15) is 42.5 Å². The highest BCUT2D eigenvalue weighted by molar-refractivity contribution is 5.98. The molecule has 2 aliphatic heterocycles. The number of hydrazine groups is 1. The predicted molar refractivity (Wildman–Crippen MR) is 140 cm³/mol.